The van der Waals surface area contributed by atoms with Crippen LogP contribution in [0.15, 0.2) is 42.6 Å². The van der Waals surface area contributed by atoms with E-state index in [1.807, 2.05) is 30.3 Å². The number of aliphatic hydroxyl groups is 1. The van der Waals surface area contributed by atoms with E-state index in [1.165, 1.54) is 19.2 Å². The lowest BCUT2D eigenvalue weighted by Gasteiger charge is -2.22. The molecule has 5 nitrogen and oxygen atoms in total. The highest BCUT2D eigenvalue weighted by Crippen LogP contribution is 2.16. The molecule has 6 heteroatoms. The molecule has 0 fully saturated rings. The second kappa shape index (κ2) is 5.98. The fourth-order valence-electron chi connectivity index (χ4n) is 1.73. The van der Waals surface area contributed by atoms with Crippen LogP contribution in [0.1, 0.15) is 12.5 Å². The molecule has 1 heterocycles. The predicted molar refractivity (Wildman–Crippen MR) is 76.4 cm³/mol. The molecule has 0 bridgehead atoms. The van der Waals surface area contributed by atoms with Gasteiger partial charge in [0.25, 0.3) is 5.91 Å². The van der Waals surface area contributed by atoms with Crippen LogP contribution in [-0.2, 0) is 11.2 Å². The molecule has 0 saturated carbocycles. The van der Waals surface area contributed by atoms with Crippen LogP contribution in [0.4, 0.5) is 5.82 Å². The monoisotopic (exact) mass is 291 g/mol. The summed E-state index contributed by atoms with van der Waals surface area (Å²) in [6.07, 6.45) is 1.63. The highest BCUT2D eigenvalue weighted by Gasteiger charge is 2.30. The van der Waals surface area contributed by atoms with E-state index >= 15 is 0 Å². The van der Waals surface area contributed by atoms with Gasteiger partial charge in [-0.15, -0.1) is 0 Å². The number of benzene rings is 1. The lowest BCUT2D eigenvalue weighted by Crippen LogP contribution is -2.42. The van der Waals surface area contributed by atoms with Crippen LogP contribution in [-0.4, -0.2) is 26.6 Å². The Balaban J connectivity index is 2.07. The van der Waals surface area contributed by atoms with E-state index in [9.17, 15) is 9.90 Å². The second-order valence-corrected chi connectivity index (χ2v) is 4.94. The zero-order valence-electron chi connectivity index (χ0n) is 10.9. The van der Waals surface area contributed by atoms with Crippen molar-refractivity contribution >= 4 is 23.3 Å². The Morgan fingerprint density at radius 3 is 2.70 bits per heavy atom. The Morgan fingerprint density at radius 1 is 1.35 bits per heavy atom. The van der Waals surface area contributed by atoms with Gasteiger partial charge in [-0.1, -0.05) is 30.3 Å². The van der Waals surface area contributed by atoms with Gasteiger partial charge in [-0.2, -0.15) is 0 Å². The highest BCUT2D eigenvalue weighted by atomic mass is 35.5. The maximum absolute atomic E-state index is 12.1. The van der Waals surface area contributed by atoms with Crippen LogP contribution in [0.5, 0.6) is 0 Å². The zero-order chi connectivity index (χ0) is 14.6. The quantitative estimate of drug-likeness (QED) is 0.846. The first-order valence-corrected chi connectivity index (χ1v) is 6.41. The van der Waals surface area contributed by atoms with Crippen molar-refractivity contribution < 1.29 is 9.90 Å². The van der Waals surface area contributed by atoms with Crippen LogP contribution in [0.25, 0.3) is 0 Å². The largest absolute Gasteiger partial charge is 0.380 e. The summed E-state index contributed by atoms with van der Waals surface area (Å²) in [5.41, 5.74) is -0.674. The minimum Gasteiger partial charge on any atom is -0.380 e. The van der Waals surface area contributed by atoms with Crippen molar-refractivity contribution in [2.24, 2.45) is 0 Å². The van der Waals surface area contributed by atoms with Gasteiger partial charge < -0.3 is 10.4 Å². The van der Waals surface area contributed by atoms with E-state index in [2.05, 4.69) is 15.3 Å². The lowest BCUT2D eigenvalue weighted by molar-refractivity contribution is -0.132. The Kier molecular flexibility index (Phi) is 4.32. The molecule has 1 unspecified atom stereocenters. The fourth-order valence-corrected chi connectivity index (χ4v) is 1.88. The molecule has 1 atom stereocenters. The molecule has 0 radical (unpaired) electrons. The number of hydrogen-bond donors (Lipinski definition) is 2. The number of nitrogens with zero attached hydrogens (tertiary/aromatic N) is 2. The number of aromatic nitrogens is 2. The van der Waals surface area contributed by atoms with Crippen LogP contribution < -0.4 is 5.32 Å². The van der Waals surface area contributed by atoms with Gasteiger partial charge in [0.15, 0.2) is 0 Å². The van der Waals surface area contributed by atoms with Gasteiger partial charge in [0.1, 0.15) is 11.4 Å². The maximum Gasteiger partial charge on any atom is 0.257 e. The standard InChI is InChI=1S/C14H14ClN3O2/c1-14(20,9-10-5-3-2-4-6-10)12(19)17-11-7-8-16-13(15)18-11/h2-8,20H,9H2,1H3,(H,16,17,18,19). The molecular weight excluding hydrogens is 278 g/mol. The molecule has 2 aromatic rings. The Labute approximate surface area is 121 Å². The number of halogens is 1. The van der Waals surface area contributed by atoms with Crippen molar-refractivity contribution in [1.82, 2.24) is 9.97 Å². The molecule has 1 aromatic heterocycles. The van der Waals surface area contributed by atoms with Gasteiger partial charge >= 0.3 is 0 Å². The predicted octanol–water partition coefficient (Wildman–Crippen LogP) is 2.06. The summed E-state index contributed by atoms with van der Waals surface area (Å²) in [5, 5.41) is 12.8. The van der Waals surface area contributed by atoms with Crippen LogP contribution in [0, 0.1) is 0 Å². The average Bonchev–Trinajstić information content (AvgIpc) is 2.39. The van der Waals surface area contributed by atoms with Crippen molar-refractivity contribution in [2.45, 2.75) is 18.9 Å². The summed E-state index contributed by atoms with van der Waals surface area (Å²) in [7, 11) is 0. The summed E-state index contributed by atoms with van der Waals surface area (Å²) >= 11 is 5.64. The maximum atomic E-state index is 12.1. The first kappa shape index (κ1) is 14.4. The molecule has 1 amide bonds. The van der Waals surface area contributed by atoms with E-state index in [-0.39, 0.29) is 17.5 Å². The van der Waals surface area contributed by atoms with Gasteiger partial charge in [0.2, 0.25) is 5.28 Å². The van der Waals surface area contributed by atoms with Gasteiger partial charge in [-0.3, -0.25) is 4.79 Å². The molecule has 1 aromatic carbocycles. The number of anilines is 1. The normalized spacial score (nSPS) is 13.6. The molecule has 0 aliphatic carbocycles. The molecule has 0 saturated heterocycles. The van der Waals surface area contributed by atoms with E-state index in [0.717, 1.165) is 5.56 Å². The summed E-state index contributed by atoms with van der Waals surface area (Å²) < 4.78 is 0. The number of rotatable bonds is 4. The van der Waals surface area contributed by atoms with E-state index < -0.39 is 11.5 Å². The lowest BCUT2D eigenvalue weighted by atomic mass is 9.96. The number of amides is 1. The summed E-state index contributed by atoms with van der Waals surface area (Å²) in [6.45, 7) is 1.46. The Bertz CT molecular complexity index is 602. The molecule has 0 aliphatic rings. The summed E-state index contributed by atoms with van der Waals surface area (Å²) in [6, 6.07) is 10.8. The van der Waals surface area contributed by atoms with E-state index in [0.29, 0.717) is 0 Å². The van der Waals surface area contributed by atoms with Crippen molar-refractivity contribution in [1.29, 1.82) is 0 Å². The van der Waals surface area contributed by atoms with Crippen LogP contribution in [0.2, 0.25) is 5.28 Å². The van der Waals surface area contributed by atoms with Gasteiger partial charge in [0.05, 0.1) is 0 Å². The number of hydrogen-bond acceptors (Lipinski definition) is 4. The third-order valence-electron chi connectivity index (χ3n) is 2.75. The molecule has 20 heavy (non-hydrogen) atoms. The summed E-state index contributed by atoms with van der Waals surface area (Å²) in [5.74, 6) is -0.292. The summed E-state index contributed by atoms with van der Waals surface area (Å²) in [4.78, 5) is 19.6. The number of nitrogens with one attached hydrogen (secondary N) is 1. The first-order valence-electron chi connectivity index (χ1n) is 6.04. The Morgan fingerprint density at radius 2 is 2.05 bits per heavy atom. The van der Waals surface area contributed by atoms with Crippen LogP contribution in [0.3, 0.4) is 0 Å². The van der Waals surface area contributed by atoms with Gasteiger partial charge in [-0.25, -0.2) is 9.97 Å². The molecule has 0 aliphatic heterocycles. The van der Waals surface area contributed by atoms with E-state index in [4.69, 9.17) is 11.6 Å². The fraction of sp³-hybridized carbons (Fsp3) is 0.214. The molecular formula is C14H14ClN3O2. The topological polar surface area (TPSA) is 75.1 Å². The average molecular weight is 292 g/mol. The second-order valence-electron chi connectivity index (χ2n) is 4.60. The van der Waals surface area contributed by atoms with Crippen molar-refractivity contribution in [3.8, 4) is 0 Å². The van der Waals surface area contributed by atoms with Crippen LogP contribution >= 0.6 is 11.6 Å². The highest BCUT2D eigenvalue weighted by molar-refractivity contribution is 6.28. The van der Waals surface area contributed by atoms with E-state index in [1.54, 1.807) is 0 Å². The minimum absolute atomic E-state index is 0.0329. The number of carbonyl (C=O) groups is 1. The van der Waals surface area contributed by atoms with Crippen molar-refractivity contribution in [3.63, 3.8) is 0 Å². The SMILES string of the molecule is CC(O)(Cc1ccccc1)C(=O)Nc1ccnc(Cl)n1. The van der Waals surface area contributed by atoms with Crippen molar-refractivity contribution in [3.05, 3.63) is 53.4 Å². The smallest absolute Gasteiger partial charge is 0.257 e. The minimum atomic E-state index is -1.54. The molecule has 2 N–H and O–H groups in total. The van der Waals surface area contributed by atoms with Gasteiger partial charge in [0, 0.05) is 12.6 Å². The molecule has 104 valence electrons. The van der Waals surface area contributed by atoms with Gasteiger partial charge in [-0.05, 0) is 30.2 Å². The first-order chi connectivity index (χ1) is 9.47. The third kappa shape index (κ3) is 3.76. The molecule has 0 spiro atoms. The molecule has 2 rings (SSSR count). The third-order valence-corrected chi connectivity index (χ3v) is 2.93. The zero-order valence-corrected chi connectivity index (χ0v) is 11.6. The number of carbonyl (C=O) groups excluding carboxylic acids is 1. The Hall–Kier alpha value is -1.98. The van der Waals surface area contributed by atoms with Crippen molar-refractivity contribution in [2.75, 3.05) is 5.32 Å².